The summed E-state index contributed by atoms with van der Waals surface area (Å²) in [6.07, 6.45) is 0. The summed E-state index contributed by atoms with van der Waals surface area (Å²) in [5.74, 6) is 0. The summed E-state index contributed by atoms with van der Waals surface area (Å²) in [5.41, 5.74) is 0. The highest BCUT2D eigenvalue weighted by Crippen LogP contribution is 1.79. The molecule has 0 radical (unpaired) electrons. The van der Waals surface area contributed by atoms with Crippen molar-refractivity contribution in [3.63, 3.8) is 0 Å². The molecule has 0 aliphatic carbocycles. The van der Waals surface area contributed by atoms with Crippen LogP contribution in [0.3, 0.4) is 0 Å². The fourth-order valence-electron chi connectivity index (χ4n) is 0.240. The molecular formula is C4H10N2O2. The van der Waals surface area contributed by atoms with Crippen molar-refractivity contribution in [2.75, 3.05) is 21.2 Å². The minimum absolute atomic E-state index is 0.257. The molecule has 0 fully saturated rings. The van der Waals surface area contributed by atoms with E-state index in [0.29, 0.717) is 0 Å². The Kier molecular flexibility index (Phi) is 2.95. The summed E-state index contributed by atoms with van der Waals surface area (Å²) in [7, 11) is 4.49. The van der Waals surface area contributed by atoms with Gasteiger partial charge in [0.1, 0.15) is 0 Å². The number of nitrogens with zero attached hydrogens (tertiary/aromatic N) is 1. The van der Waals surface area contributed by atoms with E-state index in [1.54, 1.807) is 0 Å². The van der Waals surface area contributed by atoms with Crippen LogP contribution in [0.1, 0.15) is 0 Å². The molecule has 0 rings (SSSR count). The zero-order valence-electron chi connectivity index (χ0n) is 5.26. The lowest BCUT2D eigenvalue weighted by Crippen LogP contribution is -2.33. The van der Waals surface area contributed by atoms with Crippen molar-refractivity contribution in [1.82, 2.24) is 10.4 Å². The van der Waals surface area contributed by atoms with E-state index in [0.717, 1.165) is 5.06 Å². The number of rotatable bonds is 1. The highest BCUT2D eigenvalue weighted by Gasteiger charge is 2.00. The quantitative estimate of drug-likeness (QED) is 0.485. The second kappa shape index (κ2) is 3.26. The van der Waals surface area contributed by atoms with Crippen LogP contribution in [0.15, 0.2) is 0 Å². The van der Waals surface area contributed by atoms with Crippen LogP contribution in [0.4, 0.5) is 4.79 Å². The Morgan fingerprint density at radius 1 is 1.75 bits per heavy atom. The van der Waals surface area contributed by atoms with Gasteiger partial charge in [-0.05, 0) is 0 Å². The van der Waals surface area contributed by atoms with Gasteiger partial charge in [-0.2, -0.15) is 0 Å². The zero-order valence-corrected chi connectivity index (χ0v) is 5.26. The number of carbonyl (C=O) groups is 1. The average molecular weight is 118 g/mol. The molecule has 0 heterocycles. The van der Waals surface area contributed by atoms with Crippen LogP contribution in [0.25, 0.3) is 0 Å². The first-order valence-corrected chi connectivity index (χ1v) is 2.22. The molecule has 0 aromatic rings. The van der Waals surface area contributed by atoms with Crippen molar-refractivity contribution >= 4 is 6.03 Å². The van der Waals surface area contributed by atoms with Gasteiger partial charge in [0, 0.05) is 14.1 Å². The second-order valence-corrected chi connectivity index (χ2v) is 1.24. The molecule has 4 nitrogen and oxygen atoms in total. The van der Waals surface area contributed by atoms with E-state index in [1.165, 1.54) is 21.2 Å². The van der Waals surface area contributed by atoms with Gasteiger partial charge in [-0.15, -0.1) is 0 Å². The monoisotopic (exact) mass is 118 g/mol. The molecule has 0 aliphatic rings. The van der Waals surface area contributed by atoms with Gasteiger partial charge < -0.3 is 5.32 Å². The maximum absolute atomic E-state index is 10.4. The highest BCUT2D eigenvalue weighted by atomic mass is 16.7. The minimum atomic E-state index is -0.257. The Morgan fingerprint density at radius 3 is 2.38 bits per heavy atom. The molecule has 48 valence electrons. The SMILES string of the molecule is CNC(=O)N(C)OC. The molecule has 2 amide bonds. The molecular weight excluding hydrogens is 108 g/mol. The molecule has 4 heteroatoms. The minimum Gasteiger partial charge on any atom is -0.339 e. The van der Waals surface area contributed by atoms with Crippen LogP contribution in [0.2, 0.25) is 0 Å². The Labute approximate surface area is 48.4 Å². The first-order chi connectivity index (χ1) is 3.72. The van der Waals surface area contributed by atoms with Gasteiger partial charge >= 0.3 is 6.03 Å². The average Bonchev–Trinajstić information content (AvgIpc) is 1.84. The fourth-order valence-corrected chi connectivity index (χ4v) is 0.240. The molecule has 0 aromatic heterocycles. The lowest BCUT2D eigenvalue weighted by molar-refractivity contribution is -0.0641. The molecule has 0 saturated heterocycles. The van der Waals surface area contributed by atoms with Gasteiger partial charge in [-0.3, -0.25) is 4.84 Å². The van der Waals surface area contributed by atoms with Gasteiger partial charge in [0.05, 0.1) is 7.11 Å². The molecule has 0 spiro atoms. The summed E-state index contributed by atoms with van der Waals surface area (Å²) in [6.45, 7) is 0. The third-order valence-electron chi connectivity index (χ3n) is 0.774. The van der Waals surface area contributed by atoms with E-state index in [2.05, 4.69) is 10.2 Å². The van der Waals surface area contributed by atoms with Crippen molar-refractivity contribution in [3.05, 3.63) is 0 Å². The predicted molar refractivity (Wildman–Crippen MR) is 29.2 cm³/mol. The van der Waals surface area contributed by atoms with Crippen LogP contribution in [-0.2, 0) is 4.84 Å². The summed E-state index contributed by atoms with van der Waals surface area (Å²) < 4.78 is 0. The largest absolute Gasteiger partial charge is 0.340 e. The van der Waals surface area contributed by atoms with E-state index in [4.69, 9.17) is 0 Å². The van der Waals surface area contributed by atoms with Crippen molar-refractivity contribution in [1.29, 1.82) is 0 Å². The van der Waals surface area contributed by atoms with E-state index < -0.39 is 0 Å². The molecule has 0 bridgehead atoms. The number of nitrogens with one attached hydrogen (secondary N) is 1. The Balaban J connectivity index is 3.46. The number of hydrogen-bond acceptors (Lipinski definition) is 2. The Morgan fingerprint density at radius 2 is 2.25 bits per heavy atom. The van der Waals surface area contributed by atoms with E-state index in [-0.39, 0.29) is 6.03 Å². The number of hydrogen-bond donors (Lipinski definition) is 1. The standard InChI is InChI=1S/C4H10N2O2/c1-5-4(7)6(2)8-3/h1-3H3,(H,5,7). The fraction of sp³-hybridized carbons (Fsp3) is 0.750. The van der Waals surface area contributed by atoms with Gasteiger partial charge in [0.25, 0.3) is 0 Å². The second-order valence-electron chi connectivity index (χ2n) is 1.24. The highest BCUT2D eigenvalue weighted by molar-refractivity contribution is 5.72. The maximum atomic E-state index is 10.4. The lowest BCUT2D eigenvalue weighted by atomic mass is 10.9. The van der Waals surface area contributed by atoms with E-state index in [9.17, 15) is 4.79 Å². The topological polar surface area (TPSA) is 41.6 Å². The summed E-state index contributed by atoms with van der Waals surface area (Å²) in [5, 5.41) is 3.47. The number of amides is 2. The van der Waals surface area contributed by atoms with Gasteiger partial charge in [-0.1, -0.05) is 0 Å². The van der Waals surface area contributed by atoms with Crippen molar-refractivity contribution in [3.8, 4) is 0 Å². The number of hydroxylamine groups is 2. The number of carbonyl (C=O) groups excluding carboxylic acids is 1. The van der Waals surface area contributed by atoms with Crippen LogP contribution < -0.4 is 5.32 Å². The van der Waals surface area contributed by atoms with Crippen LogP contribution >= 0.6 is 0 Å². The molecule has 1 N–H and O–H groups in total. The van der Waals surface area contributed by atoms with Crippen molar-refractivity contribution < 1.29 is 9.63 Å². The first kappa shape index (κ1) is 7.23. The molecule has 0 saturated carbocycles. The zero-order chi connectivity index (χ0) is 6.57. The smallest absolute Gasteiger partial charge is 0.339 e. The molecule has 8 heavy (non-hydrogen) atoms. The van der Waals surface area contributed by atoms with Gasteiger partial charge in [0.2, 0.25) is 0 Å². The van der Waals surface area contributed by atoms with Crippen LogP contribution in [0, 0.1) is 0 Å². The maximum Gasteiger partial charge on any atom is 0.340 e. The normalized spacial score (nSPS) is 8.38. The van der Waals surface area contributed by atoms with E-state index in [1.807, 2.05) is 0 Å². The third-order valence-corrected chi connectivity index (χ3v) is 0.774. The molecule has 0 atom stereocenters. The van der Waals surface area contributed by atoms with E-state index >= 15 is 0 Å². The summed E-state index contributed by atoms with van der Waals surface area (Å²) in [4.78, 5) is 15.0. The Bertz CT molecular complexity index is 84.1. The van der Waals surface area contributed by atoms with Crippen LogP contribution in [0.5, 0.6) is 0 Å². The van der Waals surface area contributed by atoms with Crippen LogP contribution in [-0.4, -0.2) is 32.3 Å². The predicted octanol–water partition coefficient (Wildman–Crippen LogP) is -0.181. The van der Waals surface area contributed by atoms with Crippen molar-refractivity contribution in [2.24, 2.45) is 0 Å². The molecule has 0 unspecified atom stereocenters. The molecule has 0 aliphatic heterocycles. The summed E-state index contributed by atoms with van der Waals surface area (Å²) in [6, 6.07) is -0.257. The summed E-state index contributed by atoms with van der Waals surface area (Å²) >= 11 is 0. The molecule has 0 aromatic carbocycles. The lowest BCUT2D eigenvalue weighted by Gasteiger charge is -2.11. The number of urea groups is 1. The van der Waals surface area contributed by atoms with Gasteiger partial charge in [-0.25, -0.2) is 9.86 Å². The first-order valence-electron chi connectivity index (χ1n) is 2.22. The Hall–Kier alpha value is -0.770. The third kappa shape index (κ3) is 1.79. The van der Waals surface area contributed by atoms with Gasteiger partial charge in [0.15, 0.2) is 0 Å². The van der Waals surface area contributed by atoms with Crippen molar-refractivity contribution in [2.45, 2.75) is 0 Å².